The average Bonchev–Trinajstić information content (AvgIpc) is 3.54. The van der Waals surface area contributed by atoms with Gasteiger partial charge in [-0.3, -0.25) is 9.36 Å². The van der Waals surface area contributed by atoms with Gasteiger partial charge in [-0.15, -0.1) is 11.3 Å². The minimum Gasteiger partial charge on any atom is -0.310 e. The Morgan fingerprint density at radius 2 is 1.94 bits per heavy atom. The van der Waals surface area contributed by atoms with Crippen LogP contribution in [-0.4, -0.2) is 25.4 Å². The highest BCUT2D eigenvalue weighted by Gasteiger charge is 2.25. The third-order valence-electron chi connectivity index (χ3n) is 6.51. The molecule has 0 radical (unpaired) electrons. The highest BCUT2D eigenvalue weighted by Crippen LogP contribution is 2.33. The van der Waals surface area contributed by atoms with Crippen molar-refractivity contribution in [3.8, 4) is 5.69 Å². The van der Waals surface area contributed by atoms with Gasteiger partial charge in [-0.2, -0.15) is 5.10 Å². The van der Waals surface area contributed by atoms with Gasteiger partial charge in [-0.05, 0) is 54.2 Å². The van der Waals surface area contributed by atoms with E-state index in [2.05, 4.69) is 39.7 Å². The number of aromatic nitrogens is 4. The summed E-state index contributed by atoms with van der Waals surface area (Å²) in [6, 6.07) is 20.9. The zero-order chi connectivity index (χ0) is 22.9. The first kappa shape index (κ1) is 21.0. The molecule has 34 heavy (non-hydrogen) atoms. The predicted molar refractivity (Wildman–Crippen MR) is 136 cm³/mol. The molecule has 6 nitrogen and oxygen atoms in total. The van der Waals surface area contributed by atoms with Crippen LogP contribution in [0.4, 0.5) is 0 Å². The molecule has 1 aliphatic carbocycles. The van der Waals surface area contributed by atoms with Gasteiger partial charge in [0.15, 0.2) is 0 Å². The third kappa shape index (κ3) is 4.08. The molecule has 170 valence electrons. The van der Waals surface area contributed by atoms with Crippen molar-refractivity contribution < 1.29 is 0 Å². The molecule has 0 spiro atoms. The van der Waals surface area contributed by atoms with Crippen molar-refractivity contribution in [2.24, 2.45) is 0 Å². The van der Waals surface area contributed by atoms with E-state index in [-0.39, 0.29) is 5.56 Å². The summed E-state index contributed by atoms with van der Waals surface area (Å²) in [6.45, 7) is 1.36. The number of hydrogen-bond acceptors (Lipinski definition) is 5. The summed E-state index contributed by atoms with van der Waals surface area (Å²) in [4.78, 5) is 20.1. The van der Waals surface area contributed by atoms with Crippen LogP contribution in [0.5, 0.6) is 0 Å². The summed E-state index contributed by atoms with van der Waals surface area (Å²) < 4.78 is 3.62. The lowest BCUT2D eigenvalue weighted by atomic mass is 9.93. The van der Waals surface area contributed by atoms with Gasteiger partial charge < -0.3 is 5.32 Å². The van der Waals surface area contributed by atoms with Gasteiger partial charge >= 0.3 is 0 Å². The van der Waals surface area contributed by atoms with E-state index in [1.165, 1.54) is 16.0 Å². The number of nitrogens with one attached hydrogen (secondary N) is 1. The van der Waals surface area contributed by atoms with Crippen LogP contribution >= 0.6 is 11.3 Å². The van der Waals surface area contributed by atoms with E-state index in [9.17, 15) is 4.79 Å². The minimum atomic E-state index is 0.0770. The van der Waals surface area contributed by atoms with Crippen molar-refractivity contribution in [1.82, 2.24) is 24.6 Å². The summed E-state index contributed by atoms with van der Waals surface area (Å²) in [5.74, 6) is 0. The number of nitrogens with zero attached hydrogens (tertiary/aromatic N) is 4. The zero-order valence-electron chi connectivity index (χ0n) is 18.7. The molecule has 6 rings (SSSR count). The van der Waals surface area contributed by atoms with Crippen molar-refractivity contribution in [3.63, 3.8) is 0 Å². The van der Waals surface area contributed by atoms with E-state index in [1.807, 2.05) is 47.3 Å². The van der Waals surface area contributed by atoms with Gasteiger partial charge in [0.25, 0.3) is 5.56 Å². The fraction of sp³-hybridized carbons (Fsp3) is 0.222. The van der Waals surface area contributed by atoms with Crippen molar-refractivity contribution >= 4 is 21.6 Å². The second-order valence-electron chi connectivity index (χ2n) is 8.79. The quantitative estimate of drug-likeness (QED) is 0.404. The third-order valence-corrected chi connectivity index (χ3v) is 7.67. The van der Waals surface area contributed by atoms with E-state index in [4.69, 9.17) is 0 Å². The summed E-state index contributed by atoms with van der Waals surface area (Å²) >= 11 is 1.68. The lowest BCUT2D eigenvalue weighted by Crippen LogP contribution is -2.33. The SMILES string of the molecule is O=c1c2c3c(sc2ncn1Cc1ccccc1)CC(NCc1cccc(-n2cccn2)c1)CC3. The molecule has 1 unspecified atom stereocenters. The maximum atomic E-state index is 13.3. The minimum absolute atomic E-state index is 0.0770. The number of thiophene rings is 1. The first-order valence-corrected chi connectivity index (χ1v) is 12.4. The molecular formula is C27H25N5OS. The molecular weight excluding hydrogens is 442 g/mol. The molecule has 0 bridgehead atoms. The van der Waals surface area contributed by atoms with Crippen LogP contribution in [0.2, 0.25) is 0 Å². The van der Waals surface area contributed by atoms with Gasteiger partial charge in [0.1, 0.15) is 4.83 Å². The smallest absolute Gasteiger partial charge is 0.262 e. The molecule has 3 aromatic heterocycles. The summed E-state index contributed by atoms with van der Waals surface area (Å²) in [5.41, 5.74) is 4.70. The zero-order valence-corrected chi connectivity index (χ0v) is 19.5. The van der Waals surface area contributed by atoms with Crippen molar-refractivity contribution in [1.29, 1.82) is 0 Å². The Hall–Kier alpha value is -3.55. The first-order chi connectivity index (χ1) is 16.7. The lowest BCUT2D eigenvalue weighted by molar-refractivity contribution is 0.462. The fourth-order valence-electron chi connectivity index (χ4n) is 4.76. The lowest BCUT2D eigenvalue weighted by Gasteiger charge is -2.23. The molecule has 1 aliphatic rings. The van der Waals surface area contributed by atoms with E-state index in [0.717, 1.165) is 47.3 Å². The molecule has 7 heteroatoms. The summed E-state index contributed by atoms with van der Waals surface area (Å²) in [5, 5.41) is 8.87. The fourth-order valence-corrected chi connectivity index (χ4v) is 6.02. The summed E-state index contributed by atoms with van der Waals surface area (Å²) in [6.07, 6.45) is 8.31. The number of aryl methyl sites for hydroxylation is 1. The van der Waals surface area contributed by atoms with Gasteiger partial charge in [0.05, 0.1) is 23.9 Å². The van der Waals surface area contributed by atoms with E-state index in [1.54, 1.807) is 28.4 Å². The monoisotopic (exact) mass is 467 g/mol. The topological polar surface area (TPSA) is 64.7 Å². The molecule has 1 atom stereocenters. The van der Waals surface area contributed by atoms with Gasteiger partial charge in [-0.1, -0.05) is 42.5 Å². The highest BCUT2D eigenvalue weighted by molar-refractivity contribution is 7.18. The first-order valence-electron chi connectivity index (χ1n) is 11.6. The number of benzene rings is 2. The molecule has 1 N–H and O–H groups in total. The van der Waals surface area contributed by atoms with E-state index in [0.29, 0.717) is 12.6 Å². The largest absolute Gasteiger partial charge is 0.310 e. The normalized spacial score (nSPS) is 15.5. The predicted octanol–water partition coefficient (Wildman–Crippen LogP) is 4.34. The Morgan fingerprint density at radius 1 is 1.06 bits per heavy atom. The Kier molecular flexibility index (Phi) is 5.57. The van der Waals surface area contributed by atoms with Crippen LogP contribution in [0.3, 0.4) is 0 Å². The Balaban J connectivity index is 1.18. The molecule has 0 aliphatic heterocycles. The molecule has 3 heterocycles. The molecule has 0 fully saturated rings. The van der Waals surface area contributed by atoms with E-state index >= 15 is 0 Å². The van der Waals surface area contributed by atoms with Crippen LogP contribution < -0.4 is 10.9 Å². The van der Waals surface area contributed by atoms with Crippen LogP contribution in [0.15, 0.2) is 84.2 Å². The molecule has 5 aromatic rings. The summed E-state index contributed by atoms with van der Waals surface area (Å²) in [7, 11) is 0. The van der Waals surface area contributed by atoms with Crippen molar-refractivity contribution in [2.75, 3.05) is 0 Å². The van der Waals surface area contributed by atoms with Crippen LogP contribution in [0.1, 0.15) is 28.0 Å². The van der Waals surface area contributed by atoms with Gasteiger partial charge in [-0.25, -0.2) is 9.67 Å². The number of fused-ring (bicyclic) bond motifs is 3. The number of hydrogen-bond donors (Lipinski definition) is 1. The average molecular weight is 468 g/mol. The molecule has 0 saturated heterocycles. The van der Waals surface area contributed by atoms with Crippen LogP contribution in [-0.2, 0) is 25.9 Å². The highest BCUT2D eigenvalue weighted by atomic mass is 32.1. The second kappa shape index (κ2) is 9.00. The Morgan fingerprint density at radius 3 is 2.79 bits per heavy atom. The standard InChI is InChI=1S/C27H25N5OS/c33-27-25-23-11-10-21(28-16-20-8-4-9-22(14-20)32-13-5-12-30-32)15-24(23)34-26(25)29-18-31(27)17-19-6-2-1-3-7-19/h1-9,12-14,18,21,28H,10-11,15-17H2. The van der Waals surface area contributed by atoms with Crippen molar-refractivity contribution in [2.45, 2.75) is 38.4 Å². The second-order valence-corrected chi connectivity index (χ2v) is 9.87. The van der Waals surface area contributed by atoms with Crippen LogP contribution in [0, 0.1) is 0 Å². The Bertz CT molecular complexity index is 1490. The van der Waals surface area contributed by atoms with Crippen LogP contribution in [0.25, 0.3) is 15.9 Å². The molecule has 0 amide bonds. The van der Waals surface area contributed by atoms with Crippen molar-refractivity contribution in [3.05, 3.63) is 111 Å². The molecule has 2 aromatic carbocycles. The van der Waals surface area contributed by atoms with Gasteiger partial charge in [0, 0.05) is 29.9 Å². The maximum Gasteiger partial charge on any atom is 0.262 e. The maximum absolute atomic E-state index is 13.3. The molecule has 0 saturated carbocycles. The van der Waals surface area contributed by atoms with Gasteiger partial charge in [0.2, 0.25) is 0 Å². The van der Waals surface area contributed by atoms with E-state index < -0.39 is 0 Å². The number of rotatable bonds is 6. The Labute approximate surface area is 201 Å².